The summed E-state index contributed by atoms with van der Waals surface area (Å²) in [4.78, 5) is 11.9. The molecule has 0 heterocycles. The van der Waals surface area contributed by atoms with Gasteiger partial charge in [0.1, 0.15) is 5.75 Å². The third-order valence-electron chi connectivity index (χ3n) is 2.58. The molecular formula is C15H22O2. The Kier molecular flexibility index (Phi) is 5.75. The van der Waals surface area contributed by atoms with E-state index in [1.165, 1.54) is 0 Å². The van der Waals surface area contributed by atoms with E-state index in [9.17, 15) is 4.79 Å². The SMILES string of the molecule is CCCOc1cccc(C(=O)CCC(C)C)c1. The van der Waals surface area contributed by atoms with Gasteiger partial charge in [-0.15, -0.1) is 0 Å². The van der Waals surface area contributed by atoms with Crippen molar-refractivity contribution in [1.82, 2.24) is 0 Å². The van der Waals surface area contributed by atoms with Gasteiger partial charge in [-0.1, -0.05) is 32.9 Å². The first-order valence-electron chi connectivity index (χ1n) is 6.39. The summed E-state index contributed by atoms with van der Waals surface area (Å²) in [6, 6.07) is 7.49. The molecule has 0 radical (unpaired) electrons. The predicted octanol–water partition coefficient (Wildman–Crippen LogP) is 4.09. The molecule has 17 heavy (non-hydrogen) atoms. The molecule has 0 saturated carbocycles. The van der Waals surface area contributed by atoms with Gasteiger partial charge < -0.3 is 4.74 Å². The Morgan fingerprint density at radius 3 is 2.76 bits per heavy atom. The maximum absolute atomic E-state index is 11.9. The number of carbonyl (C=O) groups excluding carboxylic acids is 1. The van der Waals surface area contributed by atoms with Crippen LogP contribution in [-0.4, -0.2) is 12.4 Å². The monoisotopic (exact) mass is 234 g/mol. The normalized spacial score (nSPS) is 10.6. The first-order valence-corrected chi connectivity index (χ1v) is 6.39. The molecule has 0 aromatic heterocycles. The van der Waals surface area contributed by atoms with Crippen LogP contribution < -0.4 is 4.74 Å². The fourth-order valence-corrected chi connectivity index (χ4v) is 1.54. The minimum Gasteiger partial charge on any atom is -0.494 e. The van der Waals surface area contributed by atoms with Crippen LogP contribution in [0.5, 0.6) is 5.75 Å². The van der Waals surface area contributed by atoms with Crippen molar-refractivity contribution in [2.45, 2.75) is 40.0 Å². The van der Waals surface area contributed by atoms with Gasteiger partial charge in [0.2, 0.25) is 0 Å². The second kappa shape index (κ2) is 7.10. The molecule has 0 N–H and O–H groups in total. The van der Waals surface area contributed by atoms with Crippen LogP contribution in [0, 0.1) is 5.92 Å². The van der Waals surface area contributed by atoms with Gasteiger partial charge in [0.15, 0.2) is 5.78 Å². The van der Waals surface area contributed by atoms with Gasteiger partial charge in [-0.25, -0.2) is 0 Å². The summed E-state index contributed by atoms with van der Waals surface area (Å²) in [7, 11) is 0. The van der Waals surface area contributed by atoms with Crippen molar-refractivity contribution < 1.29 is 9.53 Å². The zero-order valence-corrected chi connectivity index (χ0v) is 11.0. The van der Waals surface area contributed by atoms with Gasteiger partial charge >= 0.3 is 0 Å². The van der Waals surface area contributed by atoms with Crippen LogP contribution >= 0.6 is 0 Å². The lowest BCUT2D eigenvalue weighted by Crippen LogP contribution is -2.02. The number of benzene rings is 1. The molecule has 0 aliphatic carbocycles. The summed E-state index contributed by atoms with van der Waals surface area (Å²) in [5.41, 5.74) is 0.763. The number of hydrogen-bond donors (Lipinski definition) is 0. The van der Waals surface area contributed by atoms with E-state index in [1.807, 2.05) is 24.3 Å². The molecule has 2 heteroatoms. The van der Waals surface area contributed by atoms with Gasteiger partial charge in [0, 0.05) is 12.0 Å². The van der Waals surface area contributed by atoms with Crippen molar-refractivity contribution in [2.75, 3.05) is 6.61 Å². The van der Waals surface area contributed by atoms with Crippen LogP contribution in [0.4, 0.5) is 0 Å². The van der Waals surface area contributed by atoms with Gasteiger partial charge in [-0.3, -0.25) is 4.79 Å². The van der Waals surface area contributed by atoms with Gasteiger partial charge in [0.25, 0.3) is 0 Å². The standard InChI is InChI=1S/C15H22O2/c1-4-10-17-14-7-5-6-13(11-14)15(16)9-8-12(2)3/h5-7,11-12H,4,8-10H2,1-3H3. The minimum atomic E-state index is 0.209. The van der Waals surface area contributed by atoms with Gasteiger partial charge in [-0.2, -0.15) is 0 Å². The maximum Gasteiger partial charge on any atom is 0.163 e. The topological polar surface area (TPSA) is 26.3 Å². The Bertz CT molecular complexity index is 356. The van der Waals surface area contributed by atoms with Crippen LogP contribution in [0.1, 0.15) is 50.4 Å². The average Bonchev–Trinajstić information content (AvgIpc) is 2.33. The molecule has 2 nitrogen and oxygen atoms in total. The fourth-order valence-electron chi connectivity index (χ4n) is 1.54. The quantitative estimate of drug-likeness (QED) is 0.664. The summed E-state index contributed by atoms with van der Waals surface area (Å²) in [5, 5.41) is 0. The highest BCUT2D eigenvalue weighted by Gasteiger charge is 2.07. The summed E-state index contributed by atoms with van der Waals surface area (Å²) < 4.78 is 5.52. The third-order valence-corrected chi connectivity index (χ3v) is 2.58. The molecule has 1 rings (SSSR count). The molecule has 1 aromatic rings. The first kappa shape index (κ1) is 13.8. The highest BCUT2D eigenvalue weighted by molar-refractivity contribution is 5.96. The first-order chi connectivity index (χ1) is 8.13. The number of ketones is 1. The molecule has 0 aliphatic heterocycles. The van der Waals surface area contributed by atoms with Crippen molar-refractivity contribution in [3.63, 3.8) is 0 Å². The molecule has 0 saturated heterocycles. The van der Waals surface area contributed by atoms with E-state index < -0.39 is 0 Å². The molecule has 0 bridgehead atoms. The Morgan fingerprint density at radius 1 is 1.35 bits per heavy atom. The van der Waals surface area contributed by atoms with Crippen LogP contribution in [-0.2, 0) is 0 Å². The van der Waals surface area contributed by atoms with Crippen LogP contribution in [0.2, 0.25) is 0 Å². The predicted molar refractivity (Wildman–Crippen MR) is 70.6 cm³/mol. The molecule has 94 valence electrons. The third kappa shape index (κ3) is 5.03. The van der Waals surface area contributed by atoms with Gasteiger partial charge in [-0.05, 0) is 30.9 Å². The fraction of sp³-hybridized carbons (Fsp3) is 0.533. The second-order valence-electron chi connectivity index (χ2n) is 4.73. The smallest absolute Gasteiger partial charge is 0.163 e. The lowest BCUT2D eigenvalue weighted by atomic mass is 10.0. The Labute approximate surface area is 104 Å². The van der Waals surface area contributed by atoms with Crippen molar-refractivity contribution in [2.24, 2.45) is 5.92 Å². The van der Waals surface area contributed by atoms with Gasteiger partial charge in [0.05, 0.1) is 6.61 Å². The van der Waals surface area contributed by atoms with E-state index >= 15 is 0 Å². The van der Waals surface area contributed by atoms with E-state index in [-0.39, 0.29) is 5.78 Å². The largest absolute Gasteiger partial charge is 0.494 e. The number of Topliss-reactive ketones (excluding diaryl/α,β-unsaturated/α-hetero) is 1. The molecule has 0 aliphatic rings. The van der Waals surface area contributed by atoms with E-state index in [4.69, 9.17) is 4.74 Å². The Balaban J connectivity index is 2.60. The van der Waals surface area contributed by atoms with Crippen molar-refractivity contribution in [1.29, 1.82) is 0 Å². The van der Waals surface area contributed by atoms with Crippen molar-refractivity contribution in [3.8, 4) is 5.75 Å². The number of carbonyl (C=O) groups is 1. The lowest BCUT2D eigenvalue weighted by Gasteiger charge is -2.07. The molecular weight excluding hydrogens is 212 g/mol. The van der Waals surface area contributed by atoms with Crippen LogP contribution in [0.25, 0.3) is 0 Å². The van der Waals surface area contributed by atoms with Crippen LogP contribution in [0.15, 0.2) is 24.3 Å². The van der Waals surface area contributed by atoms with E-state index in [2.05, 4.69) is 20.8 Å². The van der Waals surface area contributed by atoms with E-state index in [0.29, 0.717) is 18.9 Å². The highest BCUT2D eigenvalue weighted by Crippen LogP contribution is 2.16. The summed E-state index contributed by atoms with van der Waals surface area (Å²) >= 11 is 0. The van der Waals surface area contributed by atoms with E-state index in [0.717, 1.165) is 24.2 Å². The molecule has 0 fully saturated rings. The average molecular weight is 234 g/mol. The van der Waals surface area contributed by atoms with Crippen molar-refractivity contribution in [3.05, 3.63) is 29.8 Å². The summed E-state index contributed by atoms with van der Waals surface area (Å²) in [5.74, 6) is 1.57. The van der Waals surface area contributed by atoms with E-state index in [1.54, 1.807) is 0 Å². The van der Waals surface area contributed by atoms with Crippen LogP contribution in [0.3, 0.4) is 0 Å². The molecule has 0 amide bonds. The number of ether oxygens (including phenoxy) is 1. The molecule has 0 spiro atoms. The minimum absolute atomic E-state index is 0.209. The summed E-state index contributed by atoms with van der Waals surface area (Å²) in [6.07, 6.45) is 2.54. The zero-order chi connectivity index (χ0) is 12.7. The summed E-state index contributed by atoms with van der Waals surface area (Å²) in [6.45, 7) is 7.03. The number of hydrogen-bond acceptors (Lipinski definition) is 2. The van der Waals surface area contributed by atoms with Crippen molar-refractivity contribution >= 4 is 5.78 Å². The molecule has 0 atom stereocenters. The number of rotatable bonds is 7. The Morgan fingerprint density at radius 2 is 2.12 bits per heavy atom. The zero-order valence-electron chi connectivity index (χ0n) is 11.0. The second-order valence-corrected chi connectivity index (χ2v) is 4.73. The molecule has 1 aromatic carbocycles. The highest BCUT2D eigenvalue weighted by atomic mass is 16.5. The molecule has 0 unspecified atom stereocenters. The Hall–Kier alpha value is -1.31. The maximum atomic E-state index is 11.9. The lowest BCUT2D eigenvalue weighted by molar-refractivity contribution is 0.0975.